The van der Waals surface area contributed by atoms with Crippen LogP contribution in [0.3, 0.4) is 0 Å². The molecule has 0 aliphatic carbocycles. The summed E-state index contributed by atoms with van der Waals surface area (Å²) in [6.07, 6.45) is 3.96. The summed E-state index contributed by atoms with van der Waals surface area (Å²) in [5, 5.41) is 11.7. The summed E-state index contributed by atoms with van der Waals surface area (Å²) in [5.41, 5.74) is 7.46. The van der Waals surface area contributed by atoms with Gasteiger partial charge < -0.3 is 15.3 Å². The van der Waals surface area contributed by atoms with Gasteiger partial charge in [-0.3, -0.25) is 4.90 Å². The molecule has 0 saturated carbocycles. The molecule has 0 amide bonds. The molecular formula is C13H19N5O. The second-order valence-corrected chi connectivity index (χ2v) is 4.79. The van der Waals surface area contributed by atoms with Gasteiger partial charge in [-0.2, -0.15) is 0 Å². The van der Waals surface area contributed by atoms with Crippen molar-refractivity contribution in [2.24, 2.45) is 10.9 Å². The van der Waals surface area contributed by atoms with Crippen LogP contribution >= 0.6 is 0 Å². The molecule has 19 heavy (non-hydrogen) atoms. The van der Waals surface area contributed by atoms with Gasteiger partial charge in [-0.25, -0.2) is 4.98 Å². The smallest absolute Gasteiger partial charge is 0.153 e. The fourth-order valence-corrected chi connectivity index (χ4v) is 1.93. The molecule has 3 N–H and O–H groups in total. The van der Waals surface area contributed by atoms with E-state index in [1.807, 2.05) is 35.0 Å². The number of nitrogens with two attached hydrogens (primary N) is 1. The van der Waals surface area contributed by atoms with Crippen LogP contribution in [0.2, 0.25) is 0 Å². The molecule has 0 aliphatic rings. The summed E-state index contributed by atoms with van der Waals surface area (Å²) in [7, 11) is 0. The molecule has 0 bridgehead atoms. The molecule has 0 saturated heterocycles. The normalized spacial score (nSPS) is 12.7. The van der Waals surface area contributed by atoms with E-state index in [2.05, 4.69) is 28.9 Å². The van der Waals surface area contributed by atoms with Crippen molar-refractivity contribution in [3.63, 3.8) is 0 Å². The van der Waals surface area contributed by atoms with Gasteiger partial charge in [0.25, 0.3) is 0 Å². The van der Waals surface area contributed by atoms with Gasteiger partial charge in [-0.15, -0.1) is 0 Å². The highest BCUT2D eigenvalue weighted by atomic mass is 16.4. The topological polar surface area (TPSA) is 79.1 Å². The van der Waals surface area contributed by atoms with E-state index in [1.165, 1.54) is 0 Å². The van der Waals surface area contributed by atoms with Crippen LogP contribution in [0, 0.1) is 0 Å². The Labute approximate surface area is 112 Å². The second kappa shape index (κ2) is 5.71. The summed E-state index contributed by atoms with van der Waals surface area (Å²) < 4.78 is 1.98. The minimum absolute atomic E-state index is 0.206. The van der Waals surface area contributed by atoms with Gasteiger partial charge in [0.05, 0.1) is 12.2 Å². The molecule has 0 aromatic carbocycles. The van der Waals surface area contributed by atoms with Crippen LogP contribution < -0.4 is 5.73 Å². The maximum Gasteiger partial charge on any atom is 0.153 e. The zero-order valence-corrected chi connectivity index (χ0v) is 11.2. The van der Waals surface area contributed by atoms with E-state index in [4.69, 9.17) is 10.9 Å². The Kier molecular flexibility index (Phi) is 4.01. The fraction of sp³-hybridized carbons (Fsp3) is 0.385. The van der Waals surface area contributed by atoms with E-state index in [1.54, 1.807) is 0 Å². The molecular weight excluding hydrogens is 242 g/mol. The van der Waals surface area contributed by atoms with E-state index >= 15 is 0 Å². The lowest BCUT2D eigenvalue weighted by molar-refractivity contribution is 0.236. The van der Waals surface area contributed by atoms with Crippen LogP contribution in [0.25, 0.3) is 5.65 Å². The number of rotatable bonds is 5. The van der Waals surface area contributed by atoms with Gasteiger partial charge in [-0.1, -0.05) is 11.2 Å². The highest BCUT2D eigenvalue weighted by molar-refractivity contribution is 5.81. The Bertz CT molecular complexity index is 542. The lowest BCUT2D eigenvalue weighted by Gasteiger charge is -2.24. The standard InChI is InChI=1S/C13H19N5O/c1-10(2)18(9-12(14)16-19)8-11-7-17-6-4-3-5-13(17)15-11/h3-7,10,19H,8-9H2,1-2H3,(H2,14,16). The Balaban J connectivity index is 2.16. The molecule has 0 aliphatic heterocycles. The Morgan fingerprint density at radius 1 is 1.53 bits per heavy atom. The van der Waals surface area contributed by atoms with Crippen molar-refractivity contribution < 1.29 is 5.21 Å². The fourth-order valence-electron chi connectivity index (χ4n) is 1.93. The average molecular weight is 261 g/mol. The first-order valence-electron chi connectivity index (χ1n) is 6.23. The van der Waals surface area contributed by atoms with E-state index in [0.29, 0.717) is 13.1 Å². The molecule has 102 valence electrons. The SMILES string of the molecule is CC(C)N(CC(N)=NO)Cc1cn2ccccc2n1. The maximum atomic E-state index is 8.66. The maximum absolute atomic E-state index is 8.66. The van der Waals surface area contributed by atoms with Gasteiger partial charge in [0.2, 0.25) is 0 Å². The first kappa shape index (κ1) is 13.4. The molecule has 6 heteroatoms. The van der Waals surface area contributed by atoms with E-state index in [9.17, 15) is 0 Å². The highest BCUT2D eigenvalue weighted by Crippen LogP contribution is 2.09. The number of hydrogen-bond acceptors (Lipinski definition) is 4. The highest BCUT2D eigenvalue weighted by Gasteiger charge is 2.14. The monoisotopic (exact) mass is 261 g/mol. The summed E-state index contributed by atoms with van der Waals surface area (Å²) in [4.78, 5) is 6.64. The molecule has 0 spiro atoms. The van der Waals surface area contributed by atoms with Crippen LogP contribution in [-0.2, 0) is 6.54 Å². The van der Waals surface area contributed by atoms with Crippen LogP contribution in [0.15, 0.2) is 35.7 Å². The Morgan fingerprint density at radius 2 is 2.32 bits per heavy atom. The summed E-state index contributed by atoms with van der Waals surface area (Å²) in [6.45, 7) is 5.22. The zero-order valence-electron chi connectivity index (χ0n) is 11.2. The number of pyridine rings is 1. The predicted molar refractivity (Wildman–Crippen MR) is 74.1 cm³/mol. The van der Waals surface area contributed by atoms with E-state index in [-0.39, 0.29) is 11.9 Å². The minimum atomic E-state index is 0.206. The van der Waals surface area contributed by atoms with Crippen molar-refractivity contribution in [1.82, 2.24) is 14.3 Å². The largest absolute Gasteiger partial charge is 0.409 e. The van der Waals surface area contributed by atoms with Gasteiger partial charge in [-0.05, 0) is 26.0 Å². The molecule has 6 nitrogen and oxygen atoms in total. The number of oxime groups is 1. The van der Waals surface area contributed by atoms with Crippen molar-refractivity contribution in [3.05, 3.63) is 36.3 Å². The lowest BCUT2D eigenvalue weighted by Crippen LogP contribution is -2.38. The number of hydrogen-bond donors (Lipinski definition) is 2. The first-order valence-corrected chi connectivity index (χ1v) is 6.23. The molecule has 2 heterocycles. The molecule has 2 rings (SSSR count). The van der Waals surface area contributed by atoms with Crippen LogP contribution in [0.1, 0.15) is 19.5 Å². The summed E-state index contributed by atoms with van der Waals surface area (Å²) >= 11 is 0. The van der Waals surface area contributed by atoms with Crippen LogP contribution in [0.4, 0.5) is 0 Å². The number of fused-ring (bicyclic) bond motifs is 1. The van der Waals surface area contributed by atoms with Crippen molar-refractivity contribution in [1.29, 1.82) is 0 Å². The third-order valence-electron chi connectivity index (χ3n) is 3.00. The van der Waals surface area contributed by atoms with Crippen molar-refractivity contribution >= 4 is 11.5 Å². The Morgan fingerprint density at radius 3 is 2.95 bits per heavy atom. The van der Waals surface area contributed by atoms with Gasteiger partial charge in [0, 0.05) is 25.0 Å². The van der Waals surface area contributed by atoms with Crippen LogP contribution in [-0.4, -0.2) is 37.9 Å². The van der Waals surface area contributed by atoms with Crippen molar-refractivity contribution in [3.8, 4) is 0 Å². The van der Waals surface area contributed by atoms with Crippen molar-refractivity contribution in [2.45, 2.75) is 26.4 Å². The van der Waals surface area contributed by atoms with Crippen LogP contribution in [0.5, 0.6) is 0 Å². The van der Waals surface area contributed by atoms with Gasteiger partial charge in [0.15, 0.2) is 5.84 Å². The number of amidine groups is 1. The zero-order chi connectivity index (χ0) is 13.8. The number of imidazole rings is 1. The molecule has 2 aromatic heterocycles. The third-order valence-corrected chi connectivity index (χ3v) is 3.00. The number of aromatic nitrogens is 2. The summed E-state index contributed by atoms with van der Waals surface area (Å²) in [5.74, 6) is 0.206. The second-order valence-electron chi connectivity index (χ2n) is 4.79. The molecule has 2 aromatic rings. The van der Waals surface area contributed by atoms with Gasteiger partial charge >= 0.3 is 0 Å². The van der Waals surface area contributed by atoms with E-state index < -0.39 is 0 Å². The molecule has 0 radical (unpaired) electrons. The quantitative estimate of drug-likeness (QED) is 0.368. The minimum Gasteiger partial charge on any atom is -0.409 e. The molecule has 0 atom stereocenters. The Hall–Kier alpha value is -2.08. The average Bonchev–Trinajstić information content (AvgIpc) is 2.79. The lowest BCUT2D eigenvalue weighted by atomic mass is 10.3. The predicted octanol–water partition coefficient (Wildman–Crippen LogP) is 1.29. The van der Waals surface area contributed by atoms with Gasteiger partial charge in [0.1, 0.15) is 5.65 Å². The van der Waals surface area contributed by atoms with Crippen molar-refractivity contribution in [2.75, 3.05) is 6.54 Å². The third kappa shape index (κ3) is 3.23. The van der Waals surface area contributed by atoms with E-state index in [0.717, 1.165) is 11.3 Å². The molecule has 0 fully saturated rings. The first-order chi connectivity index (χ1) is 9.10. The number of nitrogens with zero attached hydrogens (tertiary/aromatic N) is 4. The molecule has 0 unspecified atom stereocenters. The summed E-state index contributed by atoms with van der Waals surface area (Å²) in [6, 6.07) is 6.18.